The van der Waals surface area contributed by atoms with Crippen LogP contribution in [0.3, 0.4) is 0 Å². The van der Waals surface area contributed by atoms with Crippen molar-refractivity contribution in [3.05, 3.63) is 42.5 Å². The van der Waals surface area contributed by atoms with Gasteiger partial charge in [0, 0.05) is 6.20 Å². The molecule has 4 nitrogen and oxygen atoms in total. The summed E-state index contributed by atoms with van der Waals surface area (Å²) in [6.45, 7) is 5.38. The van der Waals surface area contributed by atoms with Gasteiger partial charge in [0.05, 0.1) is 5.69 Å². The molecule has 1 heterocycles. The fraction of sp³-hybridized carbons (Fsp3) is 0.100. The number of carboxylic acids is 1. The van der Waals surface area contributed by atoms with Crippen LogP contribution in [0.25, 0.3) is 5.57 Å². The number of hydrogen-bond donors (Lipinski definition) is 1. The van der Waals surface area contributed by atoms with Gasteiger partial charge in [0.2, 0.25) is 0 Å². The van der Waals surface area contributed by atoms with Crippen molar-refractivity contribution in [2.24, 2.45) is 0 Å². The monoisotopic (exact) mass is 190 g/mol. The van der Waals surface area contributed by atoms with Gasteiger partial charge in [0.1, 0.15) is 11.9 Å². The lowest BCUT2D eigenvalue weighted by molar-refractivity contribution is 0.0695. The second-order valence-corrected chi connectivity index (χ2v) is 2.54. The number of aromatic nitrogens is 2. The maximum atomic E-state index is 10.8. The SMILES string of the molecule is C=C/C(=C\C)c1ncncc1C(=O)O. The largest absolute Gasteiger partial charge is 0.478 e. The van der Waals surface area contributed by atoms with Gasteiger partial charge in [-0.1, -0.05) is 18.7 Å². The van der Waals surface area contributed by atoms with Crippen molar-refractivity contribution in [2.75, 3.05) is 0 Å². The summed E-state index contributed by atoms with van der Waals surface area (Å²) in [5.41, 5.74) is 1.16. The first-order chi connectivity index (χ1) is 6.70. The van der Waals surface area contributed by atoms with Crippen LogP contribution in [0.4, 0.5) is 0 Å². The van der Waals surface area contributed by atoms with E-state index in [1.807, 2.05) is 0 Å². The summed E-state index contributed by atoms with van der Waals surface area (Å²) in [4.78, 5) is 18.4. The van der Waals surface area contributed by atoms with Crippen molar-refractivity contribution in [2.45, 2.75) is 6.92 Å². The first-order valence-corrected chi connectivity index (χ1v) is 4.03. The fourth-order valence-electron chi connectivity index (χ4n) is 1.07. The highest BCUT2D eigenvalue weighted by Gasteiger charge is 2.12. The number of nitrogens with zero attached hydrogens (tertiary/aromatic N) is 2. The molecule has 0 amide bonds. The van der Waals surface area contributed by atoms with E-state index in [2.05, 4.69) is 16.5 Å². The van der Waals surface area contributed by atoms with Crippen LogP contribution in [-0.4, -0.2) is 21.0 Å². The Morgan fingerprint density at radius 2 is 2.36 bits per heavy atom. The molecule has 0 aliphatic rings. The third-order valence-corrected chi connectivity index (χ3v) is 1.75. The number of carboxylic acid groups (broad SMARTS) is 1. The number of carbonyl (C=O) groups is 1. The number of hydrogen-bond acceptors (Lipinski definition) is 3. The lowest BCUT2D eigenvalue weighted by Crippen LogP contribution is -2.04. The van der Waals surface area contributed by atoms with Crippen molar-refractivity contribution in [3.8, 4) is 0 Å². The minimum Gasteiger partial charge on any atom is -0.478 e. The Morgan fingerprint density at radius 3 is 2.86 bits per heavy atom. The van der Waals surface area contributed by atoms with Crippen LogP contribution >= 0.6 is 0 Å². The highest BCUT2D eigenvalue weighted by atomic mass is 16.4. The summed E-state index contributed by atoms with van der Waals surface area (Å²) < 4.78 is 0. The minimum absolute atomic E-state index is 0.0838. The normalized spacial score (nSPS) is 11.1. The summed E-state index contributed by atoms with van der Waals surface area (Å²) in [7, 11) is 0. The van der Waals surface area contributed by atoms with E-state index in [4.69, 9.17) is 5.11 Å². The van der Waals surface area contributed by atoms with E-state index in [0.717, 1.165) is 0 Å². The first kappa shape index (κ1) is 10.1. The molecule has 4 heteroatoms. The molecule has 0 aliphatic carbocycles. The average Bonchev–Trinajstić information content (AvgIpc) is 2.20. The van der Waals surface area contributed by atoms with Crippen LogP contribution in [0.2, 0.25) is 0 Å². The fourth-order valence-corrected chi connectivity index (χ4v) is 1.07. The quantitative estimate of drug-likeness (QED) is 0.737. The molecule has 0 aliphatic heterocycles. The van der Waals surface area contributed by atoms with Crippen LogP contribution in [-0.2, 0) is 0 Å². The van der Waals surface area contributed by atoms with Crippen LogP contribution in [0.15, 0.2) is 31.3 Å². The number of aromatic carboxylic acids is 1. The van der Waals surface area contributed by atoms with Crippen LogP contribution in [0, 0.1) is 0 Å². The van der Waals surface area contributed by atoms with E-state index >= 15 is 0 Å². The third kappa shape index (κ3) is 1.85. The summed E-state index contributed by atoms with van der Waals surface area (Å²) in [5.74, 6) is -1.04. The summed E-state index contributed by atoms with van der Waals surface area (Å²) >= 11 is 0. The molecule has 1 N–H and O–H groups in total. The van der Waals surface area contributed by atoms with Crippen LogP contribution in [0.5, 0.6) is 0 Å². The summed E-state index contributed by atoms with van der Waals surface area (Å²) in [6.07, 6.45) is 5.91. The predicted octanol–water partition coefficient (Wildman–Crippen LogP) is 1.76. The van der Waals surface area contributed by atoms with Crippen LogP contribution in [0.1, 0.15) is 23.0 Å². The minimum atomic E-state index is -1.04. The van der Waals surface area contributed by atoms with E-state index < -0.39 is 5.97 Å². The standard InChI is InChI=1S/C10H10N2O2/c1-3-7(4-2)9-8(10(13)14)5-11-6-12-9/h3-6H,1H2,2H3,(H,13,14)/b7-4+. The molecule has 1 aromatic rings. The van der Waals surface area contributed by atoms with Crippen molar-refractivity contribution in [1.29, 1.82) is 0 Å². The Kier molecular flexibility index (Phi) is 3.12. The molecule has 1 aromatic heterocycles. The Balaban J connectivity index is 3.33. The zero-order valence-electron chi connectivity index (χ0n) is 7.77. The molecule has 0 saturated heterocycles. The molecule has 72 valence electrons. The molecule has 0 bridgehead atoms. The molecule has 0 atom stereocenters. The Bertz CT molecular complexity index is 397. The maximum Gasteiger partial charge on any atom is 0.339 e. The van der Waals surface area contributed by atoms with Gasteiger partial charge in [0.25, 0.3) is 0 Å². The Hall–Kier alpha value is -1.97. The molecule has 0 radical (unpaired) electrons. The van der Waals surface area contributed by atoms with Gasteiger partial charge in [-0.3, -0.25) is 0 Å². The predicted molar refractivity (Wildman–Crippen MR) is 52.8 cm³/mol. The van der Waals surface area contributed by atoms with Gasteiger partial charge in [-0.05, 0) is 12.5 Å². The van der Waals surface area contributed by atoms with Gasteiger partial charge in [0.15, 0.2) is 0 Å². The average molecular weight is 190 g/mol. The molecular formula is C10H10N2O2. The lowest BCUT2D eigenvalue weighted by atomic mass is 10.1. The van der Waals surface area contributed by atoms with Gasteiger partial charge >= 0.3 is 5.97 Å². The van der Waals surface area contributed by atoms with Crippen LogP contribution < -0.4 is 0 Å². The molecule has 0 aromatic carbocycles. The zero-order chi connectivity index (χ0) is 10.6. The molecule has 0 spiro atoms. The highest BCUT2D eigenvalue weighted by Crippen LogP contribution is 2.16. The van der Waals surface area contributed by atoms with Crippen molar-refractivity contribution < 1.29 is 9.90 Å². The summed E-state index contributed by atoms with van der Waals surface area (Å²) in [6, 6.07) is 0. The molecule has 0 fully saturated rings. The number of allylic oxidation sites excluding steroid dienone is 3. The maximum absolute atomic E-state index is 10.8. The van der Waals surface area contributed by atoms with Gasteiger partial charge < -0.3 is 5.11 Å². The molecular weight excluding hydrogens is 180 g/mol. The summed E-state index contributed by atoms with van der Waals surface area (Å²) in [5, 5.41) is 8.86. The van der Waals surface area contributed by atoms with E-state index in [1.165, 1.54) is 12.5 Å². The second kappa shape index (κ2) is 4.32. The zero-order valence-corrected chi connectivity index (χ0v) is 7.77. The molecule has 14 heavy (non-hydrogen) atoms. The smallest absolute Gasteiger partial charge is 0.339 e. The third-order valence-electron chi connectivity index (χ3n) is 1.75. The van der Waals surface area contributed by atoms with Crippen molar-refractivity contribution >= 4 is 11.5 Å². The van der Waals surface area contributed by atoms with Gasteiger partial charge in [-0.2, -0.15) is 0 Å². The highest BCUT2D eigenvalue weighted by molar-refractivity contribution is 5.93. The van der Waals surface area contributed by atoms with E-state index in [-0.39, 0.29) is 5.56 Å². The topological polar surface area (TPSA) is 63.1 Å². The molecule has 1 rings (SSSR count). The Morgan fingerprint density at radius 1 is 1.64 bits per heavy atom. The second-order valence-electron chi connectivity index (χ2n) is 2.54. The van der Waals surface area contributed by atoms with E-state index in [1.54, 1.807) is 19.1 Å². The lowest BCUT2D eigenvalue weighted by Gasteiger charge is -2.03. The van der Waals surface area contributed by atoms with Gasteiger partial charge in [-0.25, -0.2) is 14.8 Å². The number of rotatable bonds is 3. The molecule has 0 saturated carbocycles. The van der Waals surface area contributed by atoms with E-state index in [0.29, 0.717) is 11.3 Å². The van der Waals surface area contributed by atoms with Gasteiger partial charge in [-0.15, -0.1) is 0 Å². The van der Waals surface area contributed by atoms with E-state index in [9.17, 15) is 4.79 Å². The van der Waals surface area contributed by atoms with Crippen molar-refractivity contribution in [3.63, 3.8) is 0 Å². The molecule has 0 unspecified atom stereocenters. The Labute approximate surface area is 81.6 Å². The van der Waals surface area contributed by atoms with Crippen molar-refractivity contribution in [1.82, 2.24) is 9.97 Å². The first-order valence-electron chi connectivity index (χ1n) is 4.03.